The topological polar surface area (TPSA) is 60.8 Å². The first kappa shape index (κ1) is 14.9. The summed E-state index contributed by atoms with van der Waals surface area (Å²) in [4.78, 5) is 14.8. The van der Waals surface area contributed by atoms with Crippen molar-refractivity contribution in [2.45, 2.75) is 62.0 Å². The summed E-state index contributed by atoms with van der Waals surface area (Å²) in [5.41, 5.74) is 0.895. The number of fused-ring (bicyclic) bond motifs is 1. The van der Waals surface area contributed by atoms with Crippen LogP contribution in [-0.4, -0.2) is 45.6 Å². The fraction of sp³-hybridized carbons (Fsp3) is 0.650. The fourth-order valence-corrected chi connectivity index (χ4v) is 5.74. The molecule has 3 atom stereocenters. The minimum atomic E-state index is -0.838. The summed E-state index contributed by atoms with van der Waals surface area (Å²) in [5, 5.41) is 21.9. The maximum atomic E-state index is 12.3. The van der Waals surface area contributed by atoms with Gasteiger partial charge in [0.05, 0.1) is 5.60 Å². The quantitative estimate of drug-likeness (QED) is 0.874. The normalized spacial score (nSPS) is 38.5. The van der Waals surface area contributed by atoms with Gasteiger partial charge in [-0.15, -0.1) is 0 Å². The van der Waals surface area contributed by atoms with E-state index in [0.717, 1.165) is 37.4 Å². The summed E-state index contributed by atoms with van der Waals surface area (Å²) >= 11 is 0. The summed E-state index contributed by atoms with van der Waals surface area (Å²) in [6.45, 7) is 2.04. The number of aliphatic hydroxyl groups is 1. The number of piperidine rings is 1. The Hall–Kier alpha value is -1.39. The lowest BCUT2D eigenvalue weighted by molar-refractivity contribution is -0.173. The van der Waals surface area contributed by atoms with E-state index in [1.54, 1.807) is 6.07 Å². The first-order valence-electron chi connectivity index (χ1n) is 9.32. The van der Waals surface area contributed by atoms with Crippen LogP contribution < -0.4 is 0 Å². The van der Waals surface area contributed by atoms with Crippen LogP contribution in [0.5, 0.6) is 5.75 Å². The number of phenolic OH excluding ortho intramolecular Hbond substituents is 1. The summed E-state index contributed by atoms with van der Waals surface area (Å²) in [7, 11) is 0. The van der Waals surface area contributed by atoms with E-state index in [4.69, 9.17) is 0 Å². The molecule has 1 heterocycles. The van der Waals surface area contributed by atoms with Gasteiger partial charge in [0, 0.05) is 30.8 Å². The summed E-state index contributed by atoms with van der Waals surface area (Å²) in [6, 6.07) is 5.66. The Balaban J connectivity index is 1.65. The van der Waals surface area contributed by atoms with E-state index >= 15 is 0 Å². The second-order valence-electron chi connectivity index (χ2n) is 8.47. The van der Waals surface area contributed by atoms with E-state index in [1.165, 1.54) is 18.4 Å². The molecule has 5 rings (SSSR count). The number of carbonyl (C=O) groups is 1. The average Bonchev–Trinajstić information content (AvgIpc) is 3.36. The highest BCUT2D eigenvalue weighted by Gasteiger charge is 2.64. The second kappa shape index (κ2) is 4.83. The molecule has 1 aromatic carbocycles. The van der Waals surface area contributed by atoms with Crippen LogP contribution in [0.3, 0.4) is 0 Å². The molecule has 1 saturated heterocycles. The van der Waals surface area contributed by atoms with Crippen molar-refractivity contribution >= 4 is 5.78 Å². The molecule has 4 aliphatic rings. The lowest BCUT2D eigenvalue weighted by Gasteiger charge is -2.63. The van der Waals surface area contributed by atoms with Crippen LogP contribution in [0.1, 0.15) is 49.7 Å². The molecule has 128 valence electrons. The predicted molar refractivity (Wildman–Crippen MR) is 90.0 cm³/mol. The first-order valence-corrected chi connectivity index (χ1v) is 9.32. The van der Waals surface area contributed by atoms with Gasteiger partial charge in [-0.25, -0.2) is 0 Å². The smallest absolute Gasteiger partial charge is 0.134 e. The molecule has 0 spiro atoms. The van der Waals surface area contributed by atoms with E-state index in [2.05, 4.69) is 4.90 Å². The molecule has 2 bridgehead atoms. The predicted octanol–water partition coefficient (Wildman–Crippen LogP) is 2.15. The molecule has 24 heavy (non-hydrogen) atoms. The van der Waals surface area contributed by atoms with Crippen LogP contribution in [0.4, 0.5) is 0 Å². The summed E-state index contributed by atoms with van der Waals surface area (Å²) in [5.74, 6) is 1.29. The molecule has 0 aromatic heterocycles. The number of ketones is 1. The number of benzene rings is 1. The monoisotopic (exact) mass is 327 g/mol. The molecule has 1 aromatic rings. The van der Waals surface area contributed by atoms with Gasteiger partial charge in [-0.2, -0.15) is 0 Å². The number of aromatic hydroxyl groups is 1. The molecule has 1 aliphatic heterocycles. The number of rotatable bonds is 2. The largest absolute Gasteiger partial charge is 0.508 e. The van der Waals surface area contributed by atoms with Crippen molar-refractivity contribution in [3.05, 3.63) is 29.3 Å². The lowest BCUT2D eigenvalue weighted by atomic mass is 9.49. The third kappa shape index (κ3) is 1.90. The van der Waals surface area contributed by atoms with Crippen LogP contribution in [0.25, 0.3) is 0 Å². The Bertz CT molecular complexity index is 713. The Morgan fingerprint density at radius 3 is 2.88 bits per heavy atom. The highest BCUT2D eigenvalue weighted by atomic mass is 16.3. The maximum absolute atomic E-state index is 12.3. The zero-order valence-corrected chi connectivity index (χ0v) is 14.0. The summed E-state index contributed by atoms with van der Waals surface area (Å²) in [6.07, 6.45) is 5.75. The number of carbonyl (C=O) groups excluding carboxylic acids is 1. The minimum absolute atomic E-state index is 0.108. The van der Waals surface area contributed by atoms with Crippen LogP contribution in [-0.2, 0) is 16.6 Å². The standard InChI is InChI=1S/C20H25NO3/c22-15-4-3-14-9-18-20(24)6-5-16(23)11-19(20,17(14)10-15)7-8-21(18)12-13-1-2-13/h3-4,10,13,18,22,24H,1-2,5-9,11-12H2/t18?,19-,20-/m0/s1. The number of phenols is 1. The Labute approximate surface area is 142 Å². The van der Waals surface area contributed by atoms with Gasteiger partial charge in [0.15, 0.2) is 0 Å². The van der Waals surface area contributed by atoms with Crippen LogP contribution in [0, 0.1) is 5.92 Å². The van der Waals surface area contributed by atoms with E-state index in [9.17, 15) is 15.0 Å². The number of hydrogen-bond acceptors (Lipinski definition) is 4. The van der Waals surface area contributed by atoms with Crippen molar-refractivity contribution < 1.29 is 15.0 Å². The van der Waals surface area contributed by atoms with E-state index in [1.807, 2.05) is 12.1 Å². The van der Waals surface area contributed by atoms with Gasteiger partial charge < -0.3 is 10.2 Å². The number of Topliss-reactive ketones (excluding diaryl/α,β-unsaturated/α-hetero) is 1. The third-order valence-corrected chi connectivity index (χ3v) is 7.14. The second-order valence-corrected chi connectivity index (χ2v) is 8.47. The molecule has 0 radical (unpaired) electrons. The maximum Gasteiger partial charge on any atom is 0.134 e. The van der Waals surface area contributed by atoms with E-state index in [0.29, 0.717) is 19.3 Å². The van der Waals surface area contributed by atoms with Gasteiger partial charge in [-0.1, -0.05) is 6.07 Å². The van der Waals surface area contributed by atoms with Gasteiger partial charge in [-0.3, -0.25) is 9.69 Å². The molecular weight excluding hydrogens is 302 g/mol. The molecule has 4 heteroatoms. The zero-order chi connectivity index (χ0) is 16.5. The molecule has 2 saturated carbocycles. The highest BCUT2D eigenvalue weighted by molar-refractivity contribution is 5.82. The zero-order valence-electron chi connectivity index (χ0n) is 14.0. The lowest BCUT2D eigenvalue weighted by Crippen LogP contribution is -2.73. The molecular formula is C20H25NO3. The number of likely N-dealkylation sites (tertiary alicyclic amines) is 1. The van der Waals surface area contributed by atoms with Gasteiger partial charge >= 0.3 is 0 Å². The van der Waals surface area contributed by atoms with Gasteiger partial charge in [-0.05, 0) is 67.8 Å². The number of hydrogen-bond donors (Lipinski definition) is 2. The fourth-order valence-electron chi connectivity index (χ4n) is 5.74. The summed E-state index contributed by atoms with van der Waals surface area (Å²) < 4.78 is 0. The molecule has 3 fully saturated rings. The molecule has 3 aliphatic carbocycles. The van der Waals surface area contributed by atoms with Crippen molar-refractivity contribution in [2.75, 3.05) is 13.1 Å². The van der Waals surface area contributed by atoms with Gasteiger partial charge in [0.2, 0.25) is 0 Å². The first-order chi connectivity index (χ1) is 11.5. The van der Waals surface area contributed by atoms with Crippen molar-refractivity contribution in [1.29, 1.82) is 0 Å². The van der Waals surface area contributed by atoms with Crippen LogP contribution in [0.2, 0.25) is 0 Å². The van der Waals surface area contributed by atoms with E-state index < -0.39 is 11.0 Å². The van der Waals surface area contributed by atoms with Gasteiger partial charge in [0.25, 0.3) is 0 Å². The third-order valence-electron chi connectivity index (χ3n) is 7.14. The van der Waals surface area contributed by atoms with Crippen LogP contribution in [0.15, 0.2) is 18.2 Å². The Kier molecular flexibility index (Phi) is 3.00. The molecule has 2 N–H and O–H groups in total. The Morgan fingerprint density at radius 2 is 2.08 bits per heavy atom. The van der Waals surface area contributed by atoms with Crippen molar-refractivity contribution in [3.8, 4) is 5.75 Å². The molecule has 0 amide bonds. The van der Waals surface area contributed by atoms with Crippen molar-refractivity contribution in [3.63, 3.8) is 0 Å². The number of nitrogens with zero attached hydrogens (tertiary/aromatic N) is 1. The Morgan fingerprint density at radius 1 is 1.25 bits per heavy atom. The van der Waals surface area contributed by atoms with Crippen molar-refractivity contribution in [1.82, 2.24) is 4.90 Å². The van der Waals surface area contributed by atoms with Crippen molar-refractivity contribution in [2.24, 2.45) is 5.92 Å². The average molecular weight is 327 g/mol. The molecule has 4 nitrogen and oxygen atoms in total. The minimum Gasteiger partial charge on any atom is -0.508 e. The van der Waals surface area contributed by atoms with E-state index in [-0.39, 0.29) is 17.6 Å². The van der Waals surface area contributed by atoms with Gasteiger partial charge in [0.1, 0.15) is 11.5 Å². The highest BCUT2D eigenvalue weighted by Crippen LogP contribution is 2.58. The van der Waals surface area contributed by atoms with Crippen LogP contribution >= 0.6 is 0 Å². The SMILES string of the molecule is O=C1CC[C@]2(O)C3Cc4ccc(O)cc4[C@]2(CCN3CC2CC2)C1. The molecule has 1 unspecified atom stereocenters.